The van der Waals surface area contributed by atoms with Crippen LogP contribution in [-0.2, 0) is 16.3 Å². The Hall–Kier alpha value is -3.49. The van der Waals surface area contributed by atoms with Crippen LogP contribution in [0.15, 0.2) is 82.6 Å². The molecule has 0 atom stereocenters. The summed E-state index contributed by atoms with van der Waals surface area (Å²) in [4.78, 5) is 13.2. The quantitative estimate of drug-likeness (QED) is 0.301. The number of benzene rings is 3. The molecule has 174 valence electrons. The third-order valence-corrected chi connectivity index (χ3v) is 8.62. The fraction of sp³-hybridized carbons (Fsp3) is 0.115. The van der Waals surface area contributed by atoms with Crippen LogP contribution in [-0.4, -0.2) is 14.2 Å². The molecule has 3 N–H and O–H groups in total. The first-order valence-electron chi connectivity index (χ1n) is 10.6. The van der Waals surface area contributed by atoms with Gasteiger partial charge >= 0.3 is 0 Å². The maximum atomic E-state index is 13.6. The number of para-hydroxylation sites is 1. The van der Waals surface area contributed by atoms with Crippen LogP contribution in [0.5, 0.6) is 0 Å². The molecule has 1 aromatic heterocycles. The number of carbonyl (C=O) groups excluding carboxylic acids is 1. The first kappa shape index (κ1) is 23.7. The van der Waals surface area contributed by atoms with Crippen LogP contribution in [0.4, 0.5) is 20.8 Å². The fourth-order valence-electron chi connectivity index (χ4n) is 3.71. The molecule has 0 aliphatic rings. The second kappa shape index (κ2) is 9.40. The van der Waals surface area contributed by atoms with Gasteiger partial charge in [0.25, 0.3) is 0 Å². The molecule has 0 aliphatic heterocycles. The monoisotopic (exact) mass is 494 g/mol. The third kappa shape index (κ3) is 4.34. The maximum Gasteiger partial charge on any atom is 0.211 e. The van der Waals surface area contributed by atoms with Crippen molar-refractivity contribution in [1.29, 1.82) is 0 Å². The van der Waals surface area contributed by atoms with E-state index in [1.165, 1.54) is 36.4 Å². The van der Waals surface area contributed by atoms with E-state index in [9.17, 15) is 17.6 Å². The number of nitrogens with two attached hydrogens (primary N) is 1. The Labute approximate surface area is 202 Å². The number of rotatable bonds is 7. The van der Waals surface area contributed by atoms with E-state index in [1.807, 2.05) is 32.0 Å². The Kier molecular flexibility index (Phi) is 6.54. The molecular formula is C26H23FN2O3S2. The fourth-order valence-corrected chi connectivity index (χ4v) is 6.65. The number of hydrogen-bond acceptors (Lipinski definition) is 6. The van der Waals surface area contributed by atoms with Crippen LogP contribution in [0.25, 0.3) is 0 Å². The van der Waals surface area contributed by atoms with Gasteiger partial charge in [0.05, 0.1) is 10.6 Å². The largest absolute Gasteiger partial charge is 0.396 e. The van der Waals surface area contributed by atoms with Gasteiger partial charge in [0.15, 0.2) is 0 Å². The summed E-state index contributed by atoms with van der Waals surface area (Å²) < 4.78 is 40.7. The number of halogens is 1. The molecule has 0 saturated carbocycles. The molecule has 0 amide bonds. The van der Waals surface area contributed by atoms with E-state index in [-0.39, 0.29) is 30.9 Å². The molecule has 0 spiro atoms. The van der Waals surface area contributed by atoms with E-state index < -0.39 is 21.4 Å². The van der Waals surface area contributed by atoms with Gasteiger partial charge in [0.1, 0.15) is 20.6 Å². The minimum Gasteiger partial charge on any atom is -0.396 e. The van der Waals surface area contributed by atoms with Crippen LogP contribution in [0.2, 0.25) is 0 Å². The lowest BCUT2D eigenvalue weighted by atomic mass is 10.1. The van der Waals surface area contributed by atoms with E-state index in [4.69, 9.17) is 5.73 Å². The minimum atomic E-state index is -4.04. The highest BCUT2D eigenvalue weighted by atomic mass is 32.2. The van der Waals surface area contributed by atoms with Gasteiger partial charge in [-0.2, -0.15) is 0 Å². The number of aryl methyl sites for hydroxylation is 2. The van der Waals surface area contributed by atoms with Crippen molar-refractivity contribution in [2.24, 2.45) is 0 Å². The molecule has 8 heteroatoms. The van der Waals surface area contributed by atoms with E-state index in [1.54, 1.807) is 18.2 Å². The topological polar surface area (TPSA) is 89.3 Å². The highest BCUT2D eigenvalue weighted by Crippen LogP contribution is 2.44. The Morgan fingerprint density at radius 1 is 1.00 bits per heavy atom. The summed E-state index contributed by atoms with van der Waals surface area (Å²) in [6, 6.07) is 18.8. The van der Waals surface area contributed by atoms with Crippen molar-refractivity contribution in [1.82, 2.24) is 0 Å². The van der Waals surface area contributed by atoms with Crippen LogP contribution in [0.1, 0.15) is 33.3 Å². The van der Waals surface area contributed by atoms with Gasteiger partial charge in [-0.15, -0.1) is 11.3 Å². The lowest BCUT2D eigenvalue weighted by Gasteiger charge is -2.14. The minimum absolute atomic E-state index is 0.0730. The molecule has 0 bridgehead atoms. The van der Waals surface area contributed by atoms with Gasteiger partial charge in [0.2, 0.25) is 15.6 Å². The molecule has 3 aromatic carbocycles. The molecule has 34 heavy (non-hydrogen) atoms. The SMILES string of the molecule is CCc1cccc(C)c1Nc1sc(C(=O)c2ccc(F)cc2)c(N)c1S(=O)(=O)c1ccccc1. The van der Waals surface area contributed by atoms with Gasteiger partial charge in [-0.1, -0.05) is 43.3 Å². The average molecular weight is 495 g/mol. The zero-order valence-corrected chi connectivity index (χ0v) is 20.3. The van der Waals surface area contributed by atoms with Crippen LogP contribution < -0.4 is 11.1 Å². The standard InChI is InChI=1S/C26H23FN2O3S2/c1-3-17-9-7-8-16(2)22(17)29-26-25(34(31,32)20-10-5-4-6-11-20)21(28)24(33-26)23(30)18-12-14-19(27)15-13-18/h4-15,29H,3,28H2,1-2H3. The molecule has 0 saturated heterocycles. The van der Waals surface area contributed by atoms with Crippen LogP contribution in [0.3, 0.4) is 0 Å². The van der Waals surface area contributed by atoms with Gasteiger partial charge in [0, 0.05) is 11.3 Å². The van der Waals surface area contributed by atoms with Crippen molar-refractivity contribution in [3.05, 3.63) is 100 Å². The molecule has 1 heterocycles. The Bertz CT molecular complexity index is 1460. The van der Waals surface area contributed by atoms with E-state index in [0.717, 1.165) is 34.6 Å². The van der Waals surface area contributed by atoms with Crippen molar-refractivity contribution in [3.8, 4) is 0 Å². The van der Waals surface area contributed by atoms with E-state index in [2.05, 4.69) is 5.32 Å². The maximum absolute atomic E-state index is 13.6. The molecule has 4 aromatic rings. The second-order valence-corrected chi connectivity index (χ2v) is 10.7. The van der Waals surface area contributed by atoms with Gasteiger partial charge in [-0.25, -0.2) is 12.8 Å². The summed E-state index contributed by atoms with van der Waals surface area (Å²) in [6.07, 6.45) is 0.729. The Balaban J connectivity index is 1.92. The zero-order valence-electron chi connectivity index (χ0n) is 18.6. The van der Waals surface area contributed by atoms with Crippen LogP contribution in [0, 0.1) is 12.7 Å². The molecule has 0 fully saturated rings. The average Bonchev–Trinajstić information content (AvgIpc) is 3.17. The second-order valence-electron chi connectivity index (χ2n) is 7.74. The summed E-state index contributed by atoms with van der Waals surface area (Å²) in [6.45, 7) is 3.93. The van der Waals surface area contributed by atoms with Crippen LogP contribution >= 0.6 is 11.3 Å². The van der Waals surface area contributed by atoms with Crippen molar-refractivity contribution < 1.29 is 17.6 Å². The number of ketones is 1. The summed E-state index contributed by atoms with van der Waals surface area (Å²) in [7, 11) is -4.04. The summed E-state index contributed by atoms with van der Waals surface area (Å²) in [5.41, 5.74) is 9.15. The number of thiophene rings is 1. The van der Waals surface area contributed by atoms with Crippen molar-refractivity contribution in [2.45, 2.75) is 30.1 Å². The third-order valence-electron chi connectivity index (χ3n) is 5.51. The predicted molar refractivity (Wildman–Crippen MR) is 134 cm³/mol. The summed E-state index contributed by atoms with van der Waals surface area (Å²) in [5, 5.41) is 3.52. The summed E-state index contributed by atoms with van der Waals surface area (Å²) >= 11 is 0.979. The smallest absolute Gasteiger partial charge is 0.211 e. The highest BCUT2D eigenvalue weighted by molar-refractivity contribution is 7.92. The van der Waals surface area contributed by atoms with Crippen molar-refractivity contribution in [2.75, 3.05) is 11.1 Å². The van der Waals surface area contributed by atoms with Gasteiger partial charge in [-0.05, 0) is 60.9 Å². The van der Waals surface area contributed by atoms with Gasteiger partial charge in [-0.3, -0.25) is 4.79 Å². The Morgan fingerprint density at radius 2 is 1.68 bits per heavy atom. The van der Waals surface area contributed by atoms with E-state index >= 15 is 0 Å². The number of nitrogen functional groups attached to an aromatic ring is 1. The molecule has 0 unspecified atom stereocenters. The van der Waals surface area contributed by atoms with Crippen molar-refractivity contribution >= 4 is 43.3 Å². The number of hydrogen-bond donors (Lipinski definition) is 2. The highest BCUT2D eigenvalue weighted by Gasteiger charge is 2.32. The zero-order chi connectivity index (χ0) is 24.5. The normalized spacial score (nSPS) is 11.4. The summed E-state index contributed by atoms with van der Waals surface area (Å²) in [5.74, 6) is -0.947. The van der Waals surface area contributed by atoms with Gasteiger partial charge < -0.3 is 11.1 Å². The molecular weight excluding hydrogens is 471 g/mol. The van der Waals surface area contributed by atoms with E-state index in [0.29, 0.717) is 0 Å². The molecule has 4 rings (SSSR count). The number of anilines is 3. The lowest BCUT2D eigenvalue weighted by Crippen LogP contribution is -2.09. The Morgan fingerprint density at radius 3 is 2.32 bits per heavy atom. The number of sulfone groups is 1. The lowest BCUT2D eigenvalue weighted by molar-refractivity contribution is 0.104. The molecule has 5 nitrogen and oxygen atoms in total. The number of carbonyl (C=O) groups is 1. The molecule has 0 aliphatic carbocycles. The first-order chi connectivity index (χ1) is 16.2. The number of nitrogens with one attached hydrogen (secondary N) is 1. The molecule has 0 radical (unpaired) electrons. The first-order valence-corrected chi connectivity index (χ1v) is 12.9. The van der Waals surface area contributed by atoms with Crippen molar-refractivity contribution in [3.63, 3.8) is 0 Å². The predicted octanol–water partition coefficient (Wildman–Crippen LogP) is 6.15.